The molecule has 3 aromatic rings. The van der Waals surface area contributed by atoms with Crippen molar-refractivity contribution in [2.75, 3.05) is 6.54 Å². The number of hydrogen-bond donors (Lipinski definition) is 1. The Morgan fingerprint density at radius 1 is 1.26 bits per heavy atom. The third-order valence-electron chi connectivity index (χ3n) is 5.33. The highest BCUT2D eigenvalue weighted by atomic mass is 16.2. The molecule has 31 heavy (non-hydrogen) atoms. The van der Waals surface area contributed by atoms with E-state index in [-0.39, 0.29) is 24.3 Å². The fourth-order valence-electron chi connectivity index (χ4n) is 3.73. The minimum atomic E-state index is -0.237. The zero-order valence-electron chi connectivity index (χ0n) is 17.2. The van der Waals surface area contributed by atoms with Gasteiger partial charge in [-0.25, -0.2) is 4.98 Å². The molecule has 4 rings (SSSR count). The van der Waals surface area contributed by atoms with Crippen molar-refractivity contribution in [3.63, 3.8) is 0 Å². The molecule has 1 aromatic carbocycles. The molecule has 0 radical (unpaired) electrons. The summed E-state index contributed by atoms with van der Waals surface area (Å²) >= 11 is 0. The molecule has 1 atom stereocenters. The first-order chi connectivity index (χ1) is 15.0. The second kappa shape index (κ2) is 8.79. The van der Waals surface area contributed by atoms with Gasteiger partial charge in [-0.3, -0.25) is 14.6 Å². The fraction of sp³-hybridized carbons (Fsp3) is 0.261. The van der Waals surface area contributed by atoms with E-state index in [0.29, 0.717) is 36.5 Å². The van der Waals surface area contributed by atoms with Crippen LogP contribution in [0.3, 0.4) is 0 Å². The minimum Gasteiger partial charge on any atom is -0.352 e. The van der Waals surface area contributed by atoms with Gasteiger partial charge in [0.15, 0.2) is 0 Å². The van der Waals surface area contributed by atoms with E-state index < -0.39 is 0 Å². The van der Waals surface area contributed by atoms with Gasteiger partial charge < -0.3 is 14.8 Å². The van der Waals surface area contributed by atoms with Crippen LogP contribution in [0.25, 0.3) is 0 Å². The lowest BCUT2D eigenvalue weighted by atomic mass is 10.1. The number of amides is 2. The van der Waals surface area contributed by atoms with Gasteiger partial charge in [-0.15, -0.1) is 0 Å². The second-order valence-electron chi connectivity index (χ2n) is 7.47. The number of benzene rings is 1. The second-order valence-corrected chi connectivity index (χ2v) is 7.47. The number of carbonyl (C=O) groups excluding carboxylic acids is 2. The molecular formula is C23H22N6O2. The summed E-state index contributed by atoms with van der Waals surface area (Å²) in [6.07, 6.45) is 5.46. The molecule has 3 heterocycles. The molecular weight excluding hydrogens is 392 g/mol. The van der Waals surface area contributed by atoms with Crippen LogP contribution in [0.15, 0.2) is 55.0 Å². The fourth-order valence-corrected chi connectivity index (χ4v) is 3.73. The first kappa shape index (κ1) is 20.3. The van der Waals surface area contributed by atoms with Crippen LogP contribution in [0.1, 0.15) is 46.0 Å². The molecule has 1 aliphatic heterocycles. The maximum absolute atomic E-state index is 13.0. The summed E-state index contributed by atoms with van der Waals surface area (Å²) in [5.41, 5.74) is 2.55. The number of aromatic nitrogens is 3. The van der Waals surface area contributed by atoms with Crippen LogP contribution < -0.4 is 5.32 Å². The van der Waals surface area contributed by atoms with Crippen LogP contribution in [0.5, 0.6) is 0 Å². The third kappa shape index (κ3) is 4.46. The van der Waals surface area contributed by atoms with Gasteiger partial charge in [0, 0.05) is 43.8 Å². The van der Waals surface area contributed by atoms with Crippen molar-refractivity contribution in [2.24, 2.45) is 0 Å². The van der Waals surface area contributed by atoms with E-state index in [1.54, 1.807) is 41.6 Å². The molecule has 1 N–H and O–H groups in total. The lowest BCUT2D eigenvalue weighted by molar-refractivity contribution is -0.120. The number of nitrogens with zero attached hydrogens (tertiary/aromatic N) is 5. The summed E-state index contributed by atoms with van der Waals surface area (Å²) in [4.78, 5) is 35.8. The predicted molar refractivity (Wildman–Crippen MR) is 113 cm³/mol. The van der Waals surface area contributed by atoms with E-state index >= 15 is 0 Å². The quantitative estimate of drug-likeness (QED) is 0.689. The summed E-state index contributed by atoms with van der Waals surface area (Å²) in [6.45, 7) is 3.48. The Morgan fingerprint density at radius 3 is 2.90 bits per heavy atom. The summed E-state index contributed by atoms with van der Waals surface area (Å²) in [5.74, 6) is 0.508. The van der Waals surface area contributed by atoms with Gasteiger partial charge in [-0.2, -0.15) is 5.26 Å². The van der Waals surface area contributed by atoms with E-state index in [1.807, 2.05) is 29.8 Å². The Bertz CT molecular complexity index is 1150. The number of fused-ring (bicyclic) bond motifs is 1. The third-order valence-corrected chi connectivity index (χ3v) is 5.33. The lowest BCUT2D eigenvalue weighted by Crippen LogP contribution is -2.41. The van der Waals surface area contributed by atoms with Crippen molar-refractivity contribution in [1.29, 1.82) is 5.26 Å². The largest absolute Gasteiger partial charge is 0.352 e. The molecule has 0 aliphatic carbocycles. The van der Waals surface area contributed by atoms with Gasteiger partial charge in [-0.05, 0) is 36.8 Å². The molecule has 0 unspecified atom stereocenters. The van der Waals surface area contributed by atoms with Crippen LogP contribution in [-0.2, 0) is 24.3 Å². The number of hydrogen-bond acceptors (Lipinski definition) is 5. The Kier molecular flexibility index (Phi) is 5.76. The summed E-state index contributed by atoms with van der Waals surface area (Å²) in [5, 5.41) is 12.0. The molecule has 1 aliphatic rings. The van der Waals surface area contributed by atoms with E-state index in [4.69, 9.17) is 5.26 Å². The Labute approximate surface area is 180 Å². The molecule has 0 fully saturated rings. The SMILES string of the molecule is C[C@@H]1c2nc(CC(=O)NCc3cccnc3)cn2CCN1C(=O)c1cccc(C#N)c1. The topological polar surface area (TPSA) is 104 Å². The van der Waals surface area contributed by atoms with E-state index in [0.717, 1.165) is 11.4 Å². The lowest BCUT2D eigenvalue weighted by Gasteiger charge is -2.33. The Morgan fingerprint density at radius 2 is 2.13 bits per heavy atom. The number of rotatable bonds is 5. The zero-order chi connectivity index (χ0) is 21.8. The average molecular weight is 414 g/mol. The van der Waals surface area contributed by atoms with Crippen molar-refractivity contribution in [2.45, 2.75) is 32.5 Å². The molecule has 2 aromatic heterocycles. The Balaban J connectivity index is 1.42. The summed E-state index contributed by atoms with van der Waals surface area (Å²) < 4.78 is 2.00. The van der Waals surface area contributed by atoms with Gasteiger partial charge in [-0.1, -0.05) is 12.1 Å². The van der Waals surface area contributed by atoms with Crippen LogP contribution in [-0.4, -0.2) is 37.8 Å². The van der Waals surface area contributed by atoms with Gasteiger partial charge in [0.1, 0.15) is 5.82 Å². The summed E-state index contributed by atoms with van der Waals surface area (Å²) in [6, 6.07) is 12.3. The van der Waals surface area contributed by atoms with Gasteiger partial charge >= 0.3 is 0 Å². The number of nitriles is 1. The number of nitrogens with one attached hydrogen (secondary N) is 1. The van der Waals surface area contributed by atoms with Crippen molar-refractivity contribution < 1.29 is 9.59 Å². The average Bonchev–Trinajstić information content (AvgIpc) is 3.21. The zero-order valence-corrected chi connectivity index (χ0v) is 17.2. The van der Waals surface area contributed by atoms with Crippen LogP contribution >= 0.6 is 0 Å². The monoisotopic (exact) mass is 414 g/mol. The van der Waals surface area contributed by atoms with Crippen LogP contribution in [0, 0.1) is 11.3 Å². The number of pyridine rings is 1. The van der Waals surface area contributed by atoms with Crippen molar-refractivity contribution in [3.05, 3.63) is 83.2 Å². The highest BCUT2D eigenvalue weighted by molar-refractivity contribution is 5.94. The van der Waals surface area contributed by atoms with E-state index in [2.05, 4.69) is 21.4 Å². The summed E-state index contributed by atoms with van der Waals surface area (Å²) in [7, 11) is 0. The maximum atomic E-state index is 13.0. The molecule has 8 heteroatoms. The van der Waals surface area contributed by atoms with Crippen molar-refractivity contribution in [3.8, 4) is 6.07 Å². The maximum Gasteiger partial charge on any atom is 0.254 e. The van der Waals surface area contributed by atoms with Crippen molar-refractivity contribution >= 4 is 11.8 Å². The highest BCUT2D eigenvalue weighted by Gasteiger charge is 2.30. The smallest absolute Gasteiger partial charge is 0.254 e. The van der Waals surface area contributed by atoms with E-state index in [1.165, 1.54) is 0 Å². The first-order valence-electron chi connectivity index (χ1n) is 10.1. The molecule has 0 bridgehead atoms. The number of carbonyl (C=O) groups is 2. The standard InChI is InChI=1S/C23H22N6O2/c1-16-22-27-20(11-21(30)26-14-18-5-3-7-25-13-18)15-28(22)8-9-29(16)23(31)19-6-2-4-17(10-19)12-24/h2-7,10,13,15-16H,8-9,11,14H2,1H3,(H,26,30)/t16-/m1/s1. The van der Waals surface area contributed by atoms with E-state index in [9.17, 15) is 9.59 Å². The molecule has 0 saturated carbocycles. The molecule has 156 valence electrons. The molecule has 2 amide bonds. The normalized spacial score (nSPS) is 15.1. The minimum absolute atomic E-state index is 0.117. The predicted octanol–water partition coefficient (Wildman–Crippen LogP) is 2.23. The van der Waals surface area contributed by atoms with Crippen LogP contribution in [0.2, 0.25) is 0 Å². The molecule has 0 saturated heterocycles. The molecule has 8 nitrogen and oxygen atoms in total. The first-order valence-corrected chi connectivity index (χ1v) is 10.1. The van der Waals surface area contributed by atoms with Gasteiger partial charge in [0.25, 0.3) is 5.91 Å². The Hall–Kier alpha value is -3.99. The molecule has 0 spiro atoms. The highest BCUT2D eigenvalue weighted by Crippen LogP contribution is 2.26. The number of imidazole rings is 1. The van der Waals surface area contributed by atoms with Crippen molar-refractivity contribution in [1.82, 2.24) is 24.8 Å². The van der Waals surface area contributed by atoms with Gasteiger partial charge in [0.2, 0.25) is 5.91 Å². The van der Waals surface area contributed by atoms with Crippen LogP contribution in [0.4, 0.5) is 0 Å². The van der Waals surface area contributed by atoms with Gasteiger partial charge in [0.05, 0.1) is 29.8 Å².